The van der Waals surface area contributed by atoms with Crippen molar-refractivity contribution in [1.82, 2.24) is 10.2 Å². The highest BCUT2D eigenvalue weighted by molar-refractivity contribution is 6.30. The van der Waals surface area contributed by atoms with Crippen molar-refractivity contribution in [1.29, 1.82) is 0 Å². The highest BCUT2D eigenvalue weighted by Gasteiger charge is 2.42. The number of Topliss-reactive ketones (excluding diaryl/α,β-unsaturated/α-hetero) is 1. The van der Waals surface area contributed by atoms with Crippen LogP contribution >= 0.6 is 11.6 Å². The molecular weight excluding hydrogens is 300 g/mol. The van der Waals surface area contributed by atoms with Gasteiger partial charge >= 0.3 is 6.03 Å². The molecule has 5 heteroatoms. The van der Waals surface area contributed by atoms with Gasteiger partial charge in [-0.1, -0.05) is 37.6 Å². The SMILES string of the molecule is CN1C(=O)N[C@H](c2ccc(Cl)cc2)C2=C1CC(C)(C)CC2=O. The van der Waals surface area contributed by atoms with E-state index >= 15 is 0 Å². The van der Waals surface area contributed by atoms with E-state index in [1.165, 1.54) is 0 Å². The summed E-state index contributed by atoms with van der Waals surface area (Å²) < 4.78 is 0. The Balaban J connectivity index is 2.11. The van der Waals surface area contributed by atoms with Gasteiger partial charge in [0.05, 0.1) is 6.04 Å². The molecule has 0 saturated carbocycles. The zero-order chi connectivity index (χ0) is 16.1. The van der Waals surface area contributed by atoms with Crippen molar-refractivity contribution in [2.45, 2.75) is 32.7 Å². The van der Waals surface area contributed by atoms with Crippen LogP contribution in [-0.2, 0) is 4.79 Å². The van der Waals surface area contributed by atoms with Crippen LogP contribution in [0.1, 0.15) is 38.3 Å². The lowest BCUT2D eigenvalue weighted by Gasteiger charge is -2.42. The topological polar surface area (TPSA) is 49.4 Å². The number of carbonyl (C=O) groups excluding carboxylic acids is 2. The van der Waals surface area contributed by atoms with E-state index in [2.05, 4.69) is 19.2 Å². The molecule has 0 spiro atoms. The van der Waals surface area contributed by atoms with Crippen LogP contribution in [0.2, 0.25) is 5.02 Å². The van der Waals surface area contributed by atoms with Crippen LogP contribution < -0.4 is 5.32 Å². The van der Waals surface area contributed by atoms with Gasteiger partial charge in [-0.25, -0.2) is 4.79 Å². The summed E-state index contributed by atoms with van der Waals surface area (Å²) in [7, 11) is 1.72. The average molecular weight is 319 g/mol. The summed E-state index contributed by atoms with van der Waals surface area (Å²) in [5, 5.41) is 3.56. The lowest BCUT2D eigenvalue weighted by Crippen LogP contribution is -2.49. The van der Waals surface area contributed by atoms with Crippen LogP contribution in [0, 0.1) is 5.41 Å². The van der Waals surface area contributed by atoms with Crippen molar-refractivity contribution in [3.63, 3.8) is 0 Å². The minimum absolute atomic E-state index is 0.109. The first-order chi connectivity index (χ1) is 10.3. The lowest BCUT2D eigenvalue weighted by atomic mass is 9.72. The number of nitrogens with one attached hydrogen (secondary N) is 1. The van der Waals surface area contributed by atoms with Gasteiger partial charge in [-0.2, -0.15) is 0 Å². The number of nitrogens with zero attached hydrogens (tertiary/aromatic N) is 1. The van der Waals surface area contributed by atoms with Crippen molar-refractivity contribution in [3.8, 4) is 0 Å². The number of carbonyl (C=O) groups is 2. The summed E-state index contributed by atoms with van der Waals surface area (Å²) in [6.45, 7) is 4.12. The Kier molecular flexibility index (Phi) is 3.52. The molecule has 3 rings (SSSR count). The van der Waals surface area contributed by atoms with Gasteiger partial charge in [0.2, 0.25) is 0 Å². The van der Waals surface area contributed by atoms with Crippen molar-refractivity contribution < 1.29 is 9.59 Å². The van der Waals surface area contributed by atoms with Crippen LogP contribution in [0.3, 0.4) is 0 Å². The third kappa shape index (κ3) is 2.52. The standard InChI is InChI=1S/C17H19ClN2O2/c1-17(2)8-12-14(13(21)9-17)15(19-16(22)20(12)3)10-4-6-11(18)7-5-10/h4-7,15H,8-9H2,1-3H3,(H,19,22)/t15-/m1/s1. The summed E-state index contributed by atoms with van der Waals surface area (Å²) in [5.41, 5.74) is 2.31. The van der Waals surface area contributed by atoms with Gasteiger partial charge in [-0.05, 0) is 29.5 Å². The molecule has 0 saturated heterocycles. The fourth-order valence-corrected chi connectivity index (χ4v) is 3.37. The van der Waals surface area contributed by atoms with Gasteiger partial charge in [-0.3, -0.25) is 4.79 Å². The van der Waals surface area contributed by atoms with Gasteiger partial charge in [0.25, 0.3) is 0 Å². The maximum Gasteiger partial charge on any atom is 0.322 e. The molecule has 1 atom stereocenters. The lowest BCUT2D eigenvalue weighted by molar-refractivity contribution is -0.118. The fourth-order valence-electron chi connectivity index (χ4n) is 3.25. The molecule has 2 aliphatic rings. The van der Waals surface area contributed by atoms with E-state index in [1.54, 1.807) is 24.1 Å². The number of benzene rings is 1. The number of ketones is 1. The number of allylic oxidation sites excluding steroid dienone is 1. The smallest absolute Gasteiger partial charge is 0.322 e. The monoisotopic (exact) mass is 318 g/mol. The Bertz CT molecular complexity index is 676. The van der Waals surface area contributed by atoms with Crippen LogP contribution in [0.25, 0.3) is 0 Å². The van der Waals surface area contributed by atoms with Crippen molar-refractivity contribution >= 4 is 23.4 Å². The van der Waals surface area contributed by atoms with Crippen LogP contribution in [0.4, 0.5) is 4.79 Å². The van der Waals surface area contributed by atoms with E-state index < -0.39 is 0 Å². The summed E-state index contributed by atoms with van der Waals surface area (Å²) in [6, 6.07) is 6.70. The van der Waals surface area contributed by atoms with Crippen LogP contribution in [0.15, 0.2) is 35.5 Å². The van der Waals surface area contributed by atoms with Gasteiger partial charge in [0.15, 0.2) is 5.78 Å². The Morgan fingerprint density at radius 3 is 2.45 bits per heavy atom. The third-order valence-corrected chi connectivity index (χ3v) is 4.62. The first-order valence-electron chi connectivity index (χ1n) is 7.34. The van der Waals surface area contributed by atoms with E-state index in [9.17, 15) is 9.59 Å². The number of hydrogen-bond donors (Lipinski definition) is 1. The first kappa shape index (κ1) is 15.1. The highest BCUT2D eigenvalue weighted by Crippen LogP contribution is 2.43. The second kappa shape index (κ2) is 5.13. The number of rotatable bonds is 1. The first-order valence-corrected chi connectivity index (χ1v) is 7.72. The van der Waals surface area contributed by atoms with Gasteiger partial charge in [0, 0.05) is 29.8 Å². The predicted octanol–water partition coefficient (Wildman–Crippen LogP) is 3.68. The molecular formula is C17H19ClN2O2. The molecule has 1 N–H and O–H groups in total. The minimum atomic E-state index is -0.389. The number of halogens is 1. The molecule has 0 unspecified atom stereocenters. The Morgan fingerprint density at radius 2 is 1.82 bits per heavy atom. The molecule has 22 heavy (non-hydrogen) atoms. The fraction of sp³-hybridized carbons (Fsp3) is 0.412. The highest BCUT2D eigenvalue weighted by atomic mass is 35.5. The third-order valence-electron chi connectivity index (χ3n) is 4.37. The second-order valence-corrected chi connectivity index (χ2v) is 7.23. The molecule has 1 heterocycles. The van der Waals surface area contributed by atoms with Crippen molar-refractivity contribution in [2.75, 3.05) is 7.05 Å². The zero-order valence-electron chi connectivity index (χ0n) is 12.9. The molecule has 0 fully saturated rings. The average Bonchev–Trinajstić information content (AvgIpc) is 2.43. The maximum absolute atomic E-state index is 12.7. The second-order valence-electron chi connectivity index (χ2n) is 6.79. The number of amides is 2. The van der Waals surface area contributed by atoms with Gasteiger partial charge in [0.1, 0.15) is 0 Å². The van der Waals surface area contributed by atoms with E-state index in [1.807, 2.05) is 12.1 Å². The maximum atomic E-state index is 12.7. The van der Waals surface area contributed by atoms with Gasteiger partial charge in [-0.15, -0.1) is 0 Å². The predicted molar refractivity (Wildman–Crippen MR) is 85.5 cm³/mol. The molecule has 1 aliphatic carbocycles. The Morgan fingerprint density at radius 1 is 1.18 bits per heavy atom. The summed E-state index contributed by atoms with van der Waals surface area (Å²) >= 11 is 5.93. The molecule has 0 bridgehead atoms. The molecule has 1 aliphatic heterocycles. The quantitative estimate of drug-likeness (QED) is 0.858. The molecule has 116 valence electrons. The van der Waals surface area contributed by atoms with Crippen molar-refractivity contribution in [3.05, 3.63) is 46.1 Å². The van der Waals surface area contributed by atoms with Gasteiger partial charge < -0.3 is 10.2 Å². The molecule has 4 nitrogen and oxygen atoms in total. The Hall–Kier alpha value is -1.81. The van der Waals surface area contributed by atoms with E-state index in [0.717, 1.165) is 17.7 Å². The van der Waals surface area contributed by atoms with E-state index in [4.69, 9.17) is 11.6 Å². The molecule has 2 amide bonds. The number of hydrogen-bond acceptors (Lipinski definition) is 2. The number of urea groups is 1. The van der Waals surface area contributed by atoms with E-state index in [0.29, 0.717) is 17.0 Å². The normalized spacial score (nSPS) is 24.2. The summed E-state index contributed by atoms with van der Waals surface area (Å²) in [4.78, 5) is 26.5. The summed E-state index contributed by atoms with van der Waals surface area (Å²) in [6.07, 6.45) is 1.22. The van der Waals surface area contributed by atoms with Crippen LogP contribution in [-0.4, -0.2) is 23.8 Å². The molecule has 1 aromatic carbocycles. The largest absolute Gasteiger partial charge is 0.327 e. The molecule has 1 aromatic rings. The van der Waals surface area contributed by atoms with Crippen molar-refractivity contribution in [2.24, 2.45) is 5.41 Å². The van der Waals surface area contributed by atoms with E-state index in [-0.39, 0.29) is 23.3 Å². The minimum Gasteiger partial charge on any atom is -0.327 e. The Labute approximate surface area is 135 Å². The molecule has 0 aromatic heterocycles. The van der Waals surface area contributed by atoms with Crippen LogP contribution in [0.5, 0.6) is 0 Å². The molecule has 0 radical (unpaired) electrons. The zero-order valence-corrected chi connectivity index (χ0v) is 13.7. The summed E-state index contributed by atoms with van der Waals surface area (Å²) in [5.74, 6) is 0.109.